The highest BCUT2D eigenvalue weighted by molar-refractivity contribution is 7.22. The monoisotopic (exact) mass is 661 g/mol. The van der Waals surface area contributed by atoms with Crippen LogP contribution < -0.4 is 16.0 Å². The van der Waals surface area contributed by atoms with E-state index in [1.807, 2.05) is 52.1 Å². The number of nitrogens with zero attached hydrogens (tertiary/aromatic N) is 5. The van der Waals surface area contributed by atoms with E-state index in [0.29, 0.717) is 70.5 Å². The van der Waals surface area contributed by atoms with E-state index < -0.39 is 0 Å². The Balaban J connectivity index is 1.15. The first-order valence-corrected chi connectivity index (χ1v) is 16.3. The SMILES string of the molecule is Nc1nc2ccc(CNC(=O)c3cccn4c(C(=O)N5CCN(c6ccc(Cl)c(Cl)c6)CC5)c(-c5ccsc5)nc34)cc2s1. The molecule has 9 nitrogen and oxygen atoms in total. The van der Waals surface area contributed by atoms with Crippen molar-refractivity contribution in [2.24, 2.45) is 0 Å². The number of thiophene rings is 1. The molecule has 0 aliphatic carbocycles. The highest BCUT2D eigenvalue weighted by Crippen LogP contribution is 2.31. The fourth-order valence-corrected chi connectivity index (χ4v) is 7.15. The second kappa shape index (κ2) is 11.7. The fraction of sp³-hybridized carbons (Fsp3) is 0.161. The van der Waals surface area contributed by atoms with E-state index in [1.54, 1.807) is 28.8 Å². The molecule has 13 heteroatoms. The number of anilines is 2. The average Bonchev–Trinajstić information content (AvgIpc) is 3.78. The van der Waals surface area contributed by atoms with Crippen molar-refractivity contribution in [3.63, 3.8) is 0 Å². The van der Waals surface area contributed by atoms with Gasteiger partial charge in [-0.05, 0) is 59.5 Å². The number of rotatable bonds is 6. The molecule has 0 spiro atoms. The second-order valence-electron chi connectivity index (χ2n) is 10.4. The summed E-state index contributed by atoms with van der Waals surface area (Å²) in [7, 11) is 0. The number of pyridine rings is 1. The van der Waals surface area contributed by atoms with Gasteiger partial charge in [0.2, 0.25) is 0 Å². The molecule has 0 unspecified atom stereocenters. The number of piperazine rings is 1. The quantitative estimate of drug-likeness (QED) is 0.212. The van der Waals surface area contributed by atoms with Crippen LogP contribution in [0.1, 0.15) is 26.4 Å². The minimum Gasteiger partial charge on any atom is -0.375 e. The first kappa shape index (κ1) is 28.6. The molecular formula is C31H25Cl2N7O2S2. The van der Waals surface area contributed by atoms with E-state index in [4.69, 9.17) is 33.9 Å². The summed E-state index contributed by atoms with van der Waals surface area (Å²) in [5.74, 6) is -0.419. The van der Waals surface area contributed by atoms with Crippen molar-refractivity contribution >= 4 is 84.4 Å². The van der Waals surface area contributed by atoms with Gasteiger partial charge in [-0.3, -0.25) is 14.0 Å². The molecular weight excluding hydrogens is 637 g/mol. The number of nitrogen functional groups attached to an aromatic ring is 1. The molecule has 0 radical (unpaired) electrons. The van der Waals surface area contributed by atoms with Crippen LogP contribution in [0.4, 0.5) is 10.8 Å². The first-order chi connectivity index (χ1) is 21.4. The average molecular weight is 663 g/mol. The molecule has 222 valence electrons. The van der Waals surface area contributed by atoms with E-state index in [9.17, 15) is 9.59 Å². The summed E-state index contributed by atoms with van der Waals surface area (Å²) < 4.78 is 2.70. The lowest BCUT2D eigenvalue weighted by molar-refractivity contribution is 0.0740. The maximum absolute atomic E-state index is 14.1. The van der Waals surface area contributed by atoms with Gasteiger partial charge in [0.25, 0.3) is 11.8 Å². The number of halogens is 2. The van der Waals surface area contributed by atoms with Gasteiger partial charge in [0.1, 0.15) is 11.4 Å². The van der Waals surface area contributed by atoms with Gasteiger partial charge in [-0.1, -0.05) is 40.6 Å². The Hall–Kier alpha value is -4.16. The molecule has 3 N–H and O–H groups in total. The number of nitrogens with two attached hydrogens (primary N) is 1. The number of aromatic nitrogens is 3. The number of fused-ring (bicyclic) bond motifs is 2. The number of hydrogen-bond acceptors (Lipinski definition) is 8. The maximum atomic E-state index is 14.1. The van der Waals surface area contributed by atoms with E-state index in [-0.39, 0.29) is 11.8 Å². The molecule has 2 aromatic carbocycles. The maximum Gasteiger partial charge on any atom is 0.273 e. The lowest BCUT2D eigenvalue weighted by Gasteiger charge is -2.36. The predicted octanol–water partition coefficient (Wildman–Crippen LogP) is 6.45. The van der Waals surface area contributed by atoms with Gasteiger partial charge >= 0.3 is 0 Å². The third kappa shape index (κ3) is 5.36. The predicted molar refractivity (Wildman–Crippen MR) is 178 cm³/mol. The van der Waals surface area contributed by atoms with Crippen LogP contribution in [0.15, 0.2) is 71.6 Å². The van der Waals surface area contributed by atoms with Crippen molar-refractivity contribution in [1.82, 2.24) is 24.6 Å². The summed E-state index contributed by atoms with van der Waals surface area (Å²) >= 11 is 15.3. The molecule has 1 saturated heterocycles. The van der Waals surface area contributed by atoms with Crippen LogP contribution in [0, 0.1) is 0 Å². The van der Waals surface area contributed by atoms with E-state index in [2.05, 4.69) is 15.2 Å². The molecule has 1 fully saturated rings. The zero-order chi connectivity index (χ0) is 30.4. The summed E-state index contributed by atoms with van der Waals surface area (Å²) in [6.07, 6.45) is 1.79. The van der Waals surface area contributed by atoms with Crippen LogP contribution in [0.25, 0.3) is 27.1 Å². The van der Waals surface area contributed by atoms with Crippen molar-refractivity contribution in [2.45, 2.75) is 6.54 Å². The summed E-state index contributed by atoms with van der Waals surface area (Å²) in [5.41, 5.74) is 11.2. The van der Waals surface area contributed by atoms with Crippen molar-refractivity contribution in [3.8, 4) is 11.3 Å². The van der Waals surface area contributed by atoms with Crippen LogP contribution in [-0.4, -0.2) is 57.3 Å². The number of amides is 2. The number of thiazole rings is 1. The second-order valence-corrected chi connectivity index (χ2v) is 13.0. The Morgan fingerprint density at radius 1 is 0.977 bits per heavy atom. The van der Waals surface area contributed by atoms with Gasteiger partial charge in [-0.25, -0.2) is 9.97 Å². The summed E-state index contributed by atoms with van der Waals surface area (Å²) in [6, 6.07) is 16.8. The van der Waals surface area contributed by atoms with Crippen LogP contribution in [-0.2, 0) is 6.54 Å². The zero-order valence-corrected chi connectivity index (χ0v) is 26.3. The van der Waals surface area contributed by atoms with E-state index in [0.717, 1.165) is 27.0 Å². The van der Waals surface area contributed by atoms with Crippen molar-refractivity contribution in [1.29, 1.82) is 0 Å². The lowest BCUT2D eigenvalue weighted by atomic mass is 10.1. The van der Waals surface area contributed by atoms with E-state index >= 15 is 0 Å². The Kier molecular flexibility index (Phi) is 7.63. The number of hydrogen-bond donors (Lipinski definition) is 2. The minimum atomic E-state index is -0.282. The minimum absolute atomic E-state index is 0.137. The van der Waals surface area contributed by atoms with Crippen LogP contribution >= 0.6 is 45.9 Å². The van der Waals surface area contributed by atoms with Gasteiger partial charge in [0, 0.05) is 55.6 Å². The van der Waals surface area contributed by atoms with Crippen LogP contribution in [0.5, 0.6) is 0 Å². The van der Waals surface area contributed by atoms with Crippen molar-refractivity contribution < 1.29 is 9.59 Å². The van der Waals surface area contributed by atoms with Crippen LogP contribution in [0.2, 0.25) is 10.0 Å². The van der Waals surface area contributed by atoms with Gasteiger partial charge in [-0.2, -0.15) is 11.3 Å². The fourth-order valence-electron chi connectivity index (χ4n) is 5.42. The lowest BCUT2D eigenvalue weighted by Crippen LogP contribution is -2.49. The highest BCUT2D eigenvalue weighted by atomic mass is 35.5. The summed E-state index contributed by atoms with van der Waals surface area (Å²) in [5, 5.41) is 8.43. The van der Waals surface area contributed by atoms with Crippen molar-refractivity contribution in [2.75, 3.05) is 36.8 Å². The number of benzene rings is 2. The number of carbonyl (C=O) groups excluding carboxylic acids is 2. The summed E-state index contributed by atoms with van der Waals surface area (Å²) in [6.45, 7) is 2.64. The molecule has 6 aromatic rings. The van der Waals surface area contributed by atoms with Gasteiger partial charge in [0.05, 0.1) is 25.8 Å². The third-order valence-electron chi connectivity index (χ3n) is 7.65. The number of carbonyl (C=O) groups is 2. The molecule has 7 rings (SSSR count). The zero-order valence-electron chi connectivity index (χ0n) is 23.2. The largest absolute Gasteiger partial charge is 0.375 e. The normalized spacial score (nSPS) is 13.6. The molecule has 0 atom stereocenters. The Morgan fingerprint density at radius 2 is 1.82 bits per heavy atom. The smallest absolute Gasteiger partial charge is 0.273 e. The van der Waals surface area contributed by atoms with E-state index in [1.165, 1.54) is 22.7 Å². The Morgan fingerprint density at radius 3 is 2.59 bits per heavy atom. The molecule has 5 heterocycles. The Labute approximate surface area is 270 Å². The molecule has 2 amide bonds. The van der Waals surface area contributed by atoms with Crippen molar-refractivity contribution in [3.05, 3.63) is 98.4 Å². The molecule has 0 bridgehead atoms. The Bertz CT molecular complexity index is 2030. The van der Waals surface area contributed by atoms with Gasteiger partial charge < -0.3 is 20.9 Å². The number of imidazole rings is 1. The third-order valence-corrected chi connectivity index (χ3v) is 9.92. The number of nitrogens with one attached hydrogen (secondary N) is 1. The van der Waals surface area contributed by atoms with Gasteiger partial charge in [0.15, 0.2) is 10.8 Å². The molecule has 0 saturated carbocycles. The standard InChI is InChI=1S/C31H25Cl2N7O2S2/c32-22-5-4-20(15-23(22)33)38-9-11-39(12-10-38)30(42)27-26(19-7-13-43-17-19)37-28-21(2-1-8-40(27)28)29(41)35-16-18-3-6-24-25(14-18)44-31(34)36-24/h1-8,13-15,17H,9-12,16H2,(H2,34,36)(H,35,41). The van der Waals surface area contributed by atoms with Gasteiger partial charge in [-0.15, -0.1) is 0 Å². The molecule has 1 aliphatic rings. The van der Waals surface area contributed by atoms with Crippen LogP contribution in [0.3, 0.4) is 0 Å². The highest BCUT2D eigenvalue weighted by Gasteiger charge is 2.29. The molecule has 4 aromatic heterocycles. The molecule has 44 heavy (non-hydrogen) atoms. The first-order valence-electron chi connectivity index (χ1n) is 13.8. The molecule has 1 aliphatic heterocycles. The summed E-state index contributed by atoms with van der Waals surface area (Å²) in [4.78, 5) is 40.8. The topological polar surface area (TPSA) is 109 Å².